The predicted octanol–water partition coefficient (Wildman–Crippen LogP) is 1.54. The summed E-state index contributed by atoms with van der Waals surface area (Å²) in [5.41, 5.74) is 2.70. The smallest absolute Gasteiger partial charge is 0.224 e. The minimum atomic E-state index is -0.0809. The van der Waals surface area contributed by atoms with Gasteiger partial charge in [0.15, 0.2) is 0 Å². The molecule has 2 atom stereocenters. The van der Waals surface area contributed by atoms with Crippen molar-refractivity contribution in [2.24, 2.45) is 5.92 Å². The van der Waals surface area contributed by atoms with Crippen molar-refractivity contribution in [1.29, 1.82) is 0 Å². The van der Waals surface area contributed by atoms with E-state index in [4.69, 9.17) is 0 Å². The molecule has 2 fully saturated rings. The zero-order valence-corrected chi connectivity index (χ0v) is 17.6. The van der Waals surface area contributed by atoms with E-state index in [0.29, 0.717) is 25.4 Å². The molecule has 6 nitrogen and oxygen atoms in total. The first-order valence-electron chi connectivity index (χ1n) is 11.1. The third-order valence-electron chi connectivity index (χ3n) is 6.93. The molecule has 1 spiro atoms. The molecule has 0 saturated carbocycles. The van der Waals surface area contributed by atoms with Crippen molar-refractivity contribution in [3.05, 3.63) is 35.4 Å². The van der Waals surface area contributed by atoms with Crippen molar-refractivity contribution >= 4 is 11.8 Å². The number of benzene rings is 1. The number of nitrogens with one attached hydrogen (secondary N) is 2. The number of rotatable bonds is 5. The Balaban J connectivity index is 1.55. The van der Waals surface area contributed by atoms with Crippen LogP contribution in [-0.4, -0.2) is 66.4 Å². The van der Waals surface area contributed by atoms with Crippen molar-refractivity contribution in [1.82, 2.24) is 20.4 Å². The van der Waals surface area contributed by atoms with Gasteiger partial charge >= 0.3 is 0 Å². The highest BCUT2D eigenvalue weighted by atomic mass is 16.2. The Labute approximate surface area is 174 Å². The van der Waals surface area contributed by atoms with Crippen LogP contribution < -0.4 is 10.6 Å². The van der Waals surface area contributed by atoms with Crippen LogP contribution >= 0.6 is 0 Å². The molecule has 3 heterocycles. The van der Waals surface area contributed by atoms with Crippen LogP contribution in [0.5, 0.6) is 0 Å². The standard InChI is InChI=1S/C23H34N4O2/c1-18(28)25-11-8-22(29)26-16-21-6-3-2-5-20(21)13-23(17-26)9-4-12-27(23)15-19-7-10-24-14-19/h2-3,5-6,19,24H,4,7-17H2,1H3,(H,25,28). The number of likely N-dealkylation sites (tertiary alicyclic amines) is 1. The summed E-state index contributed by atoms with van der Waals surface area (Å²) < 4.78 is 0. The lowest BCUT2D eigenvalue weighted by Crippen LogP contribution is -2.54. The maximum absolute atomic E-state index is 13.1. The number of nitrogens with zero attached hydrogens (tertiary/aromatic N) is 2. The lowest BCUT2D eigenvalue weighted by molar-refractivity contribution is -0.133. The average molecular weight is 399 g/mol. The number of fused-ring (bicyclic) bond motifs is 1. The van der Waals surface area contributed by atoms with Gasteiger partial charge in [-0.25, -0.2) is 0 Å². The van der Waals surface area contributed by atoms with Gasteiger partial charge in [0.05, 0.1) is 0 Å². The Morgan fingerprint density at radius 3 is 2.86 bits per heavy atom. The fourth-order valence-electron chi connectivity index (χ4n) is 5.43. The van der Waals surface area contributed by atoms with Gasteiger partial charge in [0.1, 0.15) is 0 Å². The first-order chi connectivity index (χ1) is 14.1. The topological polar surface area (TPSA) is 64.7 Å². The molecule has 158 valence electrons. The summed E-state index contributed by atoms with van der Waals surface area (Å²) >= 11 is 0. The van der Waals surface area contributed by atoms with Gasteiger partial charge in [0.2, 0.25) is 11.8 Å². The van der Waals surface area contributed by atoms with Gasteiger partial charge in [-0.1, -0.05) is 24.3 Å². The van der Waals surface area contributed by atoms with Crippen molar-refractivity contribution < 1.29 is 9.59 Å². The third kappa shape index (κ3) is 4.64. The van der Waals surface area contributed by atoms with Gasteiger partial charge < -0.3 is 15.5 Å². The highest BCUT2D eigenvalue weighted by Crippen LogP contribution is 2.38. The van der Waals surface area contributed by atoms with E-state index in [9.17, 15) is 9.59 Å². The molecular formula is C23H34N4O2. The fraction of sp³-hybridized carbons (Fsp3) is 0.652. The van der Waals surface area contributed by atoms with Crippen LogP contribution in [0.1, 0.15) is 43.7 Å². The molecule has 3 aliphatic rings. The molecule has 2 amide bonds. The second-order valence-electron chi connectivity index (χ2n) is 9.06. The van der Waals surface area contributed by atoms with E-state index in [1.165, 1.54) is 30.9 Å². The second-order valence-corrected chi connectivity index (χ2v) is 9.06. The van der Waals surface area contributed by atoms with E-state index in [-0.39, 0.29) is 17.4 Å². The van der Waals surface area contributed by atoms with E-state index in [2.05, 4.69) is 44.7 Å². The van der Waals surface area contributed by atoms with Crippen LogP contribution in [0.2, 0.25) is 0 Å². The second kappa shape index (κ2) is 8.84. The average Bonchev–Trinajstić information content (AvgIpc) is 3.29. The zero-order valence-electron chi connectivity index (χ0n) is 17.6. The minimum absolute atomic E-state index is 0.0405. The maximum atomic E-state index is 13.1. The SMILES string of the molecule is CC(=O)NCCC(=O)N1Cc2ccccc2CC2(CCCN2CC2CCNC2)C1. The molecule has 0 radical (unpaired) electrons. The van der Waals surface area contributed by atoms with Crippen LogP contribution in [-0.2, 0) is 22.6 Å². The van der Waals surface area contributed by atoms with Gasteiger partial charge in [-0.05, 0) is 62.4 Å². The lowest BCUT2D eigenvalue weighted by atomic mass is 9.86. The number of hydrogen-bond donors (Lipinski definition) is 2. The van der Waals surface area contributed by atoms with Crippen molar-refractivity contribution in [3.8, 4) is 0 Å². The Hall–Kier alpha value is -1.92. The molecule has 3 aliphatic heterocycles. The number of carbonyl (C=O) groups is 2. The monoisotopic (exact) mass is 398 g/mol. The Kier molecular flexibility index (Phi) is 6.20. The lowest BCUT2D eigenvalue weighted by Gasteiger charge is -2.42. The number of carbonyl (C=O) groups excluding carboxylic acids is 2. The number of hydrogen-bond acceptors (Lipinski definition) is 4. The van der Waals surface area contributed by atoms with Crippen LogP contribution in [0.15, 0.2) is 24.3 Å². The first-order valence-corrected chi connectivity index (χ1v) is 11.1. The summed E-state index contributed by atoms with van der Waals surface area (Å²) in [5, 5.41) is 6.26. The van der Waals surface area contributed by atoms with E-state index >= 15 is 0 Å². The van der Waals surface area contributed by atoms with Crippen molar-refractivity contribution in [3.63, 3.8) is 0 Å². The van der Waals surface area contributed by atoms with Crippen LogP contribution in [0.3, 0.4) is 0 Å². The van der Waals surface area contributed by atoms with E-state index in [0.717, 1.165) is 45.6 Å². The molecular weight excluding hydrogens is 364 g/mol. The maximum Gasteiger partial charge on any atom is 0.224 e. The summed E-state index contributed by atoms with van der Waals surface area (Å²) in [6.45, 7) is 7.88. The van der Waals surface area contributed by atoms with Gasteiger partial charge in [0.25, 0.3) is 0 Å². The summed E-state index contributed by atoms with van der Waals surface area (Å²) in [5.74, 6) is 0.777. The minimum Gasteiger partial charge on any atom is -0.356 e. The molecule has 2 saturated heterocycles. The van der Waals surface area contributed by atoms with Crippen LogP contribution in [0, 0.1) is 5.92 Å². The molecule has 0 bridgehead atoms. The van der Waals surface area contributed by atoms with Crippen molar-refractivity contribution in [2.75, 3.05) is 39.3 Å². The van der Waals surface area contributed by atoms with Gasteiger partial charge in [-0.15, -0.1) is 0 Å². The predicted molar refractivity (Wildman–Crippen MR) is 113 cm³/mol. The van der Waals surface area contributed by atoms with Gasteiger partial charge in [-0.3, -0.25) is 14.5 Å². The Morgan fingerprint density at radius 2 is 2.10 bits per heavy atom. The van der Waals surface area contributed by atoms with Gasteiger partial charge in [0, 0.05) is 45.1 Å². The molecule has 2 unspecified atom stereocenters. The molecule has 2 N–H and O–H groups in total. The van der Waals surface area contributed by atoms with E-state index in [1.54, 1.807) is 0 Å². The first kappa shape index (κ1) is 20.4. The summed E-state index contributed by atoms with van der Waals surface area (Å²) in [4.78, 5) is 29.0. The summed E-state index contributed by atoms with van der Waals surface area (Å²) in [6, 6.07) is 8.62. The molecule has 0 aliphatic carbocycles. The quantitative estimate of drug-likeness (QED) is 0.790. The van der Waals surface area contributed by atoms with E-state index < -0.39 is 0 Å². The summed E-state index contributed by atoms with van der Waals surface area (Å²) in [7, 11) is 0. The van der Waals surface area contributed by atoms with Crippen LogP contribution in [0.25, 0.3) is 0 Å². The van der Waals surface area contributed by atoms with Crippen LogP contribution in [0.4, 0.5) is 0 Å². The van der Waals surface area contributed by atoms with Gasteiger partial charge in [-0.2, -0.15) is 0 Å². The zero-order chi connectivity index (χ0) is 20.3. The Morgan fingerprint density at radius 1 is 1.28 bits per heavy atom. The largest absolute Gasteiger partial charge is 0.356 e. The van der Waals surface area contributed by atoms with E-state index in [1.807, 2.05) is 0 Å². The molecule has 29 heavy (non-hydrogen) atoms. The molecule has 1 aromatic carbocycles. The highest BCUT2D eigenvalue weighted by Gasteiger charge is 2.45. The molecule has 6 heteroatoms. The molecule has 1 aromatic rings. The summed E-state index contributed by atoms with van der Waals surface area (Å²) in [6.07, 6.45) is 5.00. The molecule has 4 rings (SSSR count). The van der Waals surface area contributed by atoms with Crippen molar-refractivity contribution in [2.45, 2.75) is 51.1 Å². The third-order valence-corrected chi connectivity index (χ3v) is 6.93. The number of amides is 2. The molecule has 0 aromatic heterocycles. The highest BCUT2D eigenvalue weighted by molar-refractivity contribution is 5.78. The normalized spacial score (nSPS) is 27.1. The Bertz CT molecular complexity index is 746. The fourth-order valence-corrected chi connectivity index (χ4v) is 5.43.